The van der Waals surface area contributed by atoms with Gasteiger partial charge >= 0.3 is 0 Å². The van der Waals surface area contributed by atoms with E-state index in [1.165, 1.54) is 24.0 Å². The Balaban J connectivity index is 1.55. The maximum atomic E-state index is 9.02. The molecule has 25 heavy (non-hydrogen) atoms. The first-order chi connectivity index (χ1) is 12.2. The fourth-order valence-electron chi connectivity index (χ4n) is 3.57. The maximum Gasteiger partial charge on any atom is 0.170 e. The highest BCUT2D eigenvalue weighted by Gasteiger charge is 2.19. The SMILES string of the molecule is Cc1cccc(C)c1-n1nnnc1CNCC1CCN(CCO)CC1. The number of para-hydroxylation sites is 1. The van der Waals surface area contributed by atoms with Gasteiger partial charge in [0, 0.05) is 6.54 Å². The highest BCUT2D eigenvalue weighted by Crippen LogP contribution is 2.19. The van der Waals surface area contributed by atoms with Gasteiger partial charge in [-0.2, -0.15) is 4.68 Å². The predicted octanol–water partition coefficient (Wildman–Crippen LogP) is 1.07. The first kappa shape index (κ1) is 18.0. The Morgan fingerprint density at radius 1 is 1.20 bits per heavy atom. The number of benzene rings is 1. The van der Waals surface area contributed by atoms with Crippen LogP contribution in [0.4, 0.5) is 0 Å². The zero-order valence-corrected chi connectivity index (χ0v) is 15.1. The molecule has 1 aromatic heterocycles. The number of hydrogen-bond donors (Lipinski definition) is 2. The number of likely N-dealkylation sites (tertiary alicyclic amines) is 1. The molecule has 0 spiro atoms. The highest BCUT2D eigenvalue weighted by atomic mass is 16.3. The largest absolute Gasteiger partial charge is 0.395 e. The minimum Gasteiger partial charge on any atom is -0.395 e. The second-order valence-corrected chi connectivity index (χ2v) is 6.89. The molecule has 3 rings (SSSR count). The van der Waals surface area contributed by atoms with Crippen molar-refractivity contribution in [1.29, 1.82) is 0 Å². The third-order valence-corrected chi connectivity index (χ3v) is 5.02. The molecule has 1 aliphatic rings. The van der Waals surface area contributed by atoms with Crippen LogP contribution in [0, 0.1) is 19.8 Å². The Labute approximate surface area is 149 Å². The average molecular weight is 344 g/mol. The van der Waals surface area contributed by atoms with Crippen molar-refractivity contribution >= 4 is 0 Å². The van der Waals surface area contributed by atoms with Gasteiger partial charge in [0.05, 0.1) is 18.8 Å². The molecule has 1 saturated heterocycles. The van der Waals surface area contributed by atoms with Crippen LogP contribution in [0.2, 0.25) is 0 Å². The van der Waals surface area contributed by atoms with Gasteiger partial charge in [-0.1, -0.05) is 18.2 Å². The van der Waals surface area contributed by atoms with Crippen LogP contribution >= 0.6 is 0 Å². The molecule has 2 N–H and O–H groups in total. The number of nitrogens with one attached hydrogen (secondary N) is 1. The summed E-state index contributed by atoms with van der Waals surface area (Å²) in [5.74, 6) is 1.52. The summed E-state index contributed by atoms with van der Waals surface area (Å²) in [6.07, 6.45) is 2.35. The molecular weight excluding hydrogens is 316 g/mol. The minimum absolute atomic E-state index is 0.254. The summed E-state index contributed by atoms with van der Waals surface area (Å²) < 4.78 is 1.85. The van der Waals surface area contributed by atoms with Crippen molar-refractivity contribution in [3.63, 3.8) is 0 Å². The Kier molecular flexibility index (Phi) is 6.12. The van der Waals surface area contributed by atoms with E-state index >= 15 is 0 Å². The average Bonchev–Trinajstić information content (AvgIpc) is 3.05. The van der Waals surface area contributed by atoms with Crippen LogP contribution < -0.4 is 5.32 Å². The smallest absolute Gasteiger partial charge is 0.170 e. The zero-order chi connectivity index (χ0) is 17.6. The number of aliphatic hydroxyl groups is 1. The summed E-state index contributed by atoms with van der Waals surface area (Å²) in [5.41, 5.74) is 3.41. The molecule has 0 saturated carbocycles. The molecule has 0 amide bonds. The summed E-state index contributed by atoms with van der Waals surface area (Å²) in [5, 5.41) is 24.8. The number of aryl methyl sites for hydroxylation is 2. The number of aromatic nitrogens is 4. The van der Waals surface area contributed by atoms with Crippen molar-refractivity contribution in [2.75, 3.05) is 32.8 Å². The van der Waals surface area contributed by atoms with E-state index in [1.807, 2.05) is 4.68 Å². The summed E-state index contributed by atoms with van der Waals surface area (Å²) in [4.78, 5) is 2.33. The number of rotatable bonds is 7. The third kappa shape index (κ3) is 4.42. The Bertz CT molecular complexity index is 658. The summed E-state index contributed by atoms with van der Waals surface area (Å²) >= 11 is 0. The van der Waals surface area contributed by atoms with Crippen LogP contribution in [-0.2, 0) is 6.54 Å². The molecule has 0 aliphatic carbocycles. The van der Waals surface area contributed by atoms with Gasteiger partial charge in [-0.15, -0.1) is 5.10 Å². The lowest BCUT2D eigenvalue weighted by atomic mass is 9.97. The molecule has 136 valence electrons. The number of piperidine rings is 1. The van der Waals surface area contributed by atoms with E-state index in [4.69, 9.17) is 5.11 Å². The third-order valence-electron chi connectivity index (χ3n) is 5.02. The van der Waals surface area contributed by atoms with Gasteiger partial charge in [0.2, 0.25) is 0 Å². The van der Waals surface area contributed by atoms with Gasteiger partial charge in [0.25, 0.3) is 0 Å². The molecule has 2 aromatic rings. The number of β-amino-alcohol motifs (C(OH)–C–C–N with tert-alkyl or cyclic N) is 1. The molecule has 0 radical (unpaired) electrons. The Morgan fingerprint density at radius 3 is 2.60 bits per heavy atom. The van der Waals surface area contributed by atoms with Crippen molar-refractivity contribution in [1.82, 2.24) is 30.4 Å². The normalized spacial score (nSPS) is 16.4. The molecule has 7 heteroatoms. The van der Waals surface area contributed by atoms with Crippen molar-refractivity contribution in [2.24, 2.45) is 5.92 Å². The second kappa shape index (κ2) is 8.51. The van der Waals surface area contributed by atoms with Crippen LogP contribution in [0.25, 0.3) is 5.69 Å². The Morgan fingerprint density at radius 2 is 1.92 bits per heavy atom. The molecule has 1 aliphatic heterocycles. The van der Waals surface area contributed by atoms with Gasteiger partial charge < -0.3 is 15.3 Å². The molecular formula is C18H28N6O. The van der Waals surface area contributed by atoms with E-state index in [1.54, 1.807) is 0 Å². The quantitative estimate of drug-likeness (QED) is 0.782. The first-order valence-electron chi connectivity index (χ1n) is 9.07. The lowest BCUT2D eigenvalue weighted by molar-refractivity contribution is 0.146. The molecule has 1 fully saturated rings. The van der Waals surface area contributed by atoms with Crippen molar-refractivity contribution in [3.8, 4) is 5.69 Å². The topological polar surface area (TPSA) is 79.1 Å². The van der Waals surface area contributed by atoms with E-state index in [9.17, 15) is 0 Å². The van der Waals surface area contributed by atoms with Crippen molar-refractivity contribution in [2.45, 2.75) is 33.2 Å². The number of tetrazole rings is 1. The van der Waals surface area contributed by atoms with Crippen LogP contribution in [-0.4, -0.2) is 63.0 Å². The fraction of sp³-hybridized carbons (Fsp3) is 0.611. The van der Waals surface area contributed by atoms with Crippen LogP contribution in [0.1, 0.15) is 29.8 Å². The van der Waals surface area contributed by atoms with Gasteiger partial charge in [0.15, 0.2) is 5.82 Å². The van der Waals surface area contributed by atoms with Gasteiger partial charge in [0.1, 0.15) is 0 Å². The number of aliphatic hydroxyl groups excluding tert-OH is 1. The first-order valence-corrected chi connectivity index (χ1v) is 9.07. The van der Waals surface area contributed by atoms with Crippen molar-refractivity contribution in [3.05, 3.63) is 35.2 Å². The standard InChI is InChI=1S/C18H28N6O/c1-14-4-3-5-15(2)18(14)24-17(20-21-22-24)13-19-12-16-6-8-23(9-7-16)10-11-25/h3-5,16,19,25H,6-13H2,1-2H3. The van der Waals surface area contributed by atoms with E-state index < -0.39 is 0 Å². The molecule has 0 atom stereocenters. The van der Waals surface area contributed by atoms with Gasteiger partial charge in [-0.25, -0.2) is 0 Å². The number of hydrogen-bond acceptors (Lipinski definition) is 6. The molecule has 0 unspecified atom stereocenters. The zero-order valence-electron chi connectivity index (χ0n) is 15.1. The lowest BCUT2D eigenvalue weighted by Gasteiger charge is -2.31. The van der Waals surface area contributed by atoms with Gasteiger partial charge in [-0.05, 0) is 73.8 Å². The fourth-order valence-corrected chi connectivity index (χ4v) is 3.57. The molecule has 2 heterocycles. The van der Waals surface area contributed by atoms with E-state index in [0.29, 0.717) is 12.5 Å². The monoisotopic (exact) mass is 344 g/mol. The number of nitrogens with zero attached hydrogens (tertiary/aromatic N) is 5. The van der Waals surface area contributed by atoms with E-state index in [-0.39, 0.29) is 6.61 Å². The summed E-state index contributed by atoms with van der Waals surface area (Å²) in [6.45, 7) is 9.02. The molecule has 0 bridgehead atoms. The summed E-state index contributed by atoms with van der Waals surface area (Å²) in [7, 11) is 0. The van der Waals surface area contributed by atoms with E-state index in [2.05, 4.69) is 57.8 Å². The summed E-state index contributed by atoms with van der Waals surface area (Å²) in [6, 6.07) is 6.22. The van der Waals surface area contributed by atoms with Crippen LogP contribution in [0.15, 0.2) is 18.2 Å². The van der Waals surface area contributed by atoms with Gasteiger partial charge in [-0.3, -0.25) is 0 Å². The Hall–Kier alpha value is -1.83. The van der Waals surface area contributed by atoms with Crippen LogP contribution in [0.3, 0.4) is 0 Å². The molecule has 7 nitrogen and oxygen atoms in total. The van der Waals surface area contributed by atoms with Crippen LogP contribution in [0.5, 0.6) is 0 Å². The van der Waals surface area contributed by atoms with E-state index in [0.717, 1.165) is 37.7 Å². The maximum absolute atomic E-state index is 9.02. The minimum atomic E-state index is 0.254. The second-order valence-electron chi connectivity index (χ2n) is 6.89. The van der Waals surface area contributed by atoms with Crippen molar-refractivity contribution < 1.29 is 5.11 Å². The predicted molar refractivity (Wildman–Crippen MR) is 96.6 cm³/mol. The molecule has 1 aromatic carbocycles. The highest BCUT2D eigenvalue weighted by molar-refractivity contribution is 5.46. The lowest BCUT2D eigenvalue weighted by Crippen LogP contribution is -2.38.